The summed E-state index contributed by atoms with van der Waals surface area (Å²) < 4.78 is 5.13. The number of hydrogen-bond donors (Lipinski definition) is 1. The minimum Gasteiger partial charge on any atom is -0.459 e. The maximum atomic E-state index is 12.4. The van der Waals surface area contributed by atoms with Crippen molar-refractivity contribution in [1.82, 2.24) is 20.0 Å². The monoisotopic (exact) mass is 316 g/mol. The molecule has 0 aromatic carbocycles. The molecule has 1 saturated heterocycles. The van der Waals surface area contributed by atoms with Crippen molar-refractivity contribution >= 4 is 11.8 Å². The number of carbonyl (C=O) groups excluding carboxylic acids is 2. The molecule has 0 atom stereocenters. The van der Waals surface area contributed by atoms with Crippen LogP contribution < -0.4 is 0 Å². The summed E-state index contributed by atoms with van der Waals surface area (Å²) in [6, 6.07) is 5.16. The van der Waals surface area contributed by atoms with E-state index in [1.54, 1.807) is 21.9 Å². The Bertz CT molecular complexity index is 669. The minimum atomic E-state index is -0.132. The second-order valence-corrected chi connectivity index (χ2v) is 5.59. The lowest BCUT2D eigenvalue weighted by atomic mass is 10.2. The van der Waals surface area contributed by atoms with E-state index in [-0.39, 0.29) is 11.8 Å². The SMILES string of the molecule is CCCc1cc(C(=O)N2CCN(C(=O)c3ccco3)CC2)n[nH]1. The normalized spacial score (nSPS) is 15.0. The topological polar surface area (TPSA) is 82.4 Å². The number of aromatic nitrogens is 2. The first-order valence-electron chi connectivity index (χ1n) is 7.85. The summed E-state index contributed by atoms with van der Waals surface area (Å²) in [5.74, 6) is 0.113. The maximum absolute atomic E-state index is 12.4. The first kappa shape index (κ1) is 15.3. The smallest absolute Gasteiger partial charge is 0.289 e. The number of carbonyl (C=O) groups is 2. The molecule has 2 amide bonds. The third kappa shape index (κ3) is 3.28. The number of hydrogen-bond acceptors (Lipinski definition) is 4. The van der Waals surface area contributed by atoms with Gasteiger partial charge in [-0.05, 0) is 24.6 Å². The van der Waals surface area contributed by atoms with E-state index in [4.69, 9.17) is 4.42 Å². The van der Waals surface area contributed by atoms with Gasteiger partial charge in [0.15, 0.2) is 5.76 Å². The zero-order valence-electron chi connectivity index (χ0n) is 13.1. The van der Waals surface area contributed by atoms with Crippen LogP contribution in [0, 0.1) is 0 Å². The molecule has 1 N–H and O–H groups in total. The third-order valence-corrected chi connectivity index (χ3v) is 3.96. The lowest BCUT2D eigenvalue weighted by Crippen LogP contribution is -2.50. The van der Waals surface area contributed by atoms with Gasteiger partial charge in [-0.25, -0.2) is 0 Å². The number of aromatic amines is 1. The Morgan fingerprint density at radius 2 is 1.91 bits per heavy atom. The van der Waals surface area contributed by atoms with Crippen LogP contribution in [0.15, 0.2) is 28.9 Å². The predicted octanol–water partition coefficient (Wildman–Crippen LogP) is 1.55. The number of aryl methyl sites for hydroxylation is 1. The second kappa shape index (κ2) is 6.68. The molecule has 23 heavy (non-hydrogen) atoms. The fourth-order valence-electron chi connectivity index (χ4n) is 2.70. The average molecular weight is 316 g/mol. The molecule has 7 heteroatoms. The van der Waals surface area contributed by atoms with Gasteiger partial charge in [-0.1, -0.05) is 13.3 Å². The van der Waals surface area contributed by atoms with E-state index in [1.165, 1.54) is 6.26 Å². The zero-order valence-corrected chi connectivity index (χ0v) is 13.1. The van der Waals surface area contributed by atoms with Gasteiger partial charge >= 0.3 is 0 Å². The number of nitrogens with one attached hydrogen (secondary N) is 1. The van der Waals surface area contributed by atoms with Gasteiger partial charge in [0.25, 0.3) is 11.8 Å². The number of nitrogens with zero attached hydrogens (tertiary/aromatic N) is 3. The Kier molecular flexibility index (Phi) is 4.45. The van der Waals surface area contributed by atoms with Gasteiger partial charge in [0.05, 0.1) is 6.26 Å². The molecule has 122 valence electrons. The molecule has 0 bridgehead atoms. The highest BCUT2D eigenvalue weighted by molar-refractivity contribution is 5.93. The van der Waals surface area contributed by atoms with E-state index in [9.17, 15) is 9.59 Å². The molecule has 3 heterocycles. The van der Waals surface area contributed by atoms with Gasteiger partial charge in [0.1, 0.15) is 5.69 Å². The van der Waals surface area contributed by atoms with Crippen molar-refractivity contribution < 1.29 is 14.0 Å². The van der Waals surface area contributed by atoms with Crippen LogP contribution in [0.1, 0.15) is 40.1 Å². The van der Waals surface area contributed by atoms with Crippen molar-refractivity contribution in [3.05, 3.63) is 41.6 Å². The van der Waals surface area contributed by atoms with E-state index < -0.39 is 0 Å². The molecule has 2 aromatic rings. The van der Waals surface area contributed by atoms with Crippen molar-refractivity contribution in [1.29, 1.82) is 0 Å². The van der Waals surface area contributed by atoms with Crippen LogP contribution in [0.5, 0.6) is 0 Å². The van der Waals surface area contributed by atoms with Gasteiger partial charge in [0.2, 0.25) is 0 Å². The van der Waals surface area contributed by atoms with Crippen LogP contribution in [-0.4, -0.2) is 58.0 Å². The summed E-state index contributed by atoms with van der Waals surface area (Å²) in [6.45, 7) is 4.08. The van der Waals surface area contributed by atoms with Gasteiger partial charge < -0.3 is 14.2 Å². The Morgan fingerprint density at radius 3 is 2.52 bits per heavy atom. The quantitative estimate of drug-likeness (QED) is 0.928. The second-order valence-electron chi connectivity index (χ2n) is 5.59. The van der Waals surface area contributed by atoms with Crippen LogP contribution in [0.25, 0.3) is 0 Å². The van der Waals surface area contributed by atoms with Crippen LogP contribution in [0.2, 0.25) is 0 Å². The molecule has 0 saturated carbocycles. The molecule has 0 spiro atoms. The molecule has 3 rings (SSSR count). The van der Waals surface area contributed by atoms with E-state index in [1.807, 2.05) is 6.07 Å². The molecule has 1 fully saturated rings. The average Bonchev–Trinajstić information content (AvgIpc) is 3.26. The number of piperazine rings is 1. The molecular formula is C16H20N4O3. The molecule has 0 radical (unpaired) electrons. The summed E-state index contributed by atoms with van der Waals surface area (Å²) in [5, 5.41) is 6.99. The Morgan fingerprint density at radius 1 is 1.22 bits per heavy atom. The highest BCUT2D eigenvalue weighted by Gasteiger charge is 2.27. The van der Waals surface area contributed by atoms with E-state index in [0.29, 0.717) is 37.6 Å². The Hall–Kier alpha value is -2.57. The predicted molar refractivity (Wildman–Crippen MR) is 83.1 cm³/mol. The van der Waals surface area contributed by atoms with Gasteiger partial charge in [0, 0.05) is 31.9 Å². The summed E-state index contributed by atoms with van der Waals surface area (Å²) >= 11 is 0. The largest absolute Gasteiger partial charge is 0.459 e. The van der Waals surface area contributed by atoms with Gasteiger partial charge in [-0.2, -0.15) is 5.10 Å². The van der Waals surface area contributed by atoms with E-state index >= 15 is 0 Å². The highest BCUT2D eigenvalue weighted by Crippen LogP contribution is 2.12. The maximum Gasteiger partial charge on any atom is 0.289 e. The van der Waals surface area contributed by atoms with Crippen LogP contribution in [-0.2, 0) is 6.42 Å². The summed E-state index contributed by atoms with van der Waals surface area (Å²) in [4.78, 5) is 28.1. The van der Waals surface area contributed by atoms with Crippen molar-refractivity contribution in [2.24, 2.45) is 0 Å². The zero-order chi connectivity index (χ0) is 16.2. The minimum absolute atomic E-state index is 0.0892. The molecule has 1 aliphatic rings. The molecule has 0 aliphatic carbocycles. The number of furan rings is 1. The van der Waals surface area contributed by atoms with Crippen molar-refractivity contribution in [2.45, 2.75) is 19.8 Å². The Labute approximate surface area is 134 Å². The lowest BCUT2D eigenvalue weighted by Gasteiger charge is -2.33. The first-order chi connectivity index (χ1) is 11.2. The summed E-state index contributed by atoms with van der Waals surface area (Å²) in [7, 11) is 0. The third-order valence-electron chi connectivity index (χ3n) is 3.96. The van der Waals surface area contributed by atoms with Gasteiger partial charge in [-0.15, -0.1) is 0 Å². The fraction of sp³-hybridized carbons (Fsp3) is 0.438. The van der Waals surface area contributed by atoms with Crippen molar-refractivity contribution in [3.63, 3.8) is 0 Å². The summed E-state index contributed by atoms with van der Waals surface area (Å²) in [6.07, 6.45) is 3.37. The molecule has 2 aromatic heterocycles. The Balaban J connectivity index is 1.57. The number of amides is 2. The number of rotatable bonds is 4. The highest BCUT2D eigenvalue weighted by atomic mass is 16.3. The summed E-state index contributed by atoms with van der Waals surface area (Å²) in [5.41, 5.74) is 1.42. The number of H-pyrrole nitrogens is 1. The van der Waals surface area contributed by atoms with E-state index in [2.05, 4.69) is 17.1 Å². The van der Waals surface area contributed by atoms with Crippen molar-refractivity contribution in [2.75, 3.05) is 26.2 Å². The lowest BCUT2D eigenvalue weighted by molar-refractivity contribution is 0.0515. The molecule has 1 aliphatic heterocycles. The fourth-order valence-corrected chi connectivity index (χ4v) is 2.70. The van der Waals surface area contributed by atoms with Gasteiger partial charge in [-0.3, -0.25) is 14.7 Å². The first-order valence-corrected chi connectivity index (χ1v) is 7.85. The van der Waals surface area contributed by atoms with Crippen LogP contribution >= 0.6 is 0 Å². The molecule has 7 nitrogen and oxygen atoms in total. The van der Waals surface area contributed by atoms with E-state index in [0.717, 1.165) is 18.5 Å². The van der Waals surface area contributed by atoms with Crippen LogP contribution in [0.4, 0.5) is 0 Å². The molecular weight excluding hydrogens is 296 g/mol. The van der Waals surface area contributed by atoms with Crippen molar-refractivity contribution in [3.8, 4) is 0 Å². The standard InChI is InChI=1S/C16H20N4O3/c1-2-4-12-11-13(18-17-12)15(21)19-6-8-20(9-7-19)16(22)14-5-3-10-23-14/h3,5,10-11H,2,4,6-9H2,1H3,(H,17,18). The molecule has 0 unspecified atom stereocenters. The van der Waals surface area contributed by atoms with Crippen LogP contribution in [0.3, 0.4) is 0 Å².